The van der Waals surface area contributed by atoms with Crippen molar-refractivity contribution in [3.8, 4) is 5.75 Å². The summed E-state index contributed by atoms with van der Waals surface area (Å²) in [6.45, 7) is 1.48. The summed E-state index contributed by atoms with van der Waals surface area (Å²) < 4.78 is 8.34. The Morgan fingerprint density at radius 2 is 2.33 bits per heavy atom. The van der Waals surface area contributed by atoms with Crippen molar-refractivity contribution >= 4 is 34.5 Å². The van der Waals surface area contributed by atoms with Gasteiger partial charge in [0.15, 0.2) is 0 Å². The van der Waals surface area contributed by atoms with Gasteiger partial charge in [-0.05, 0) is 18.2 Å². The summed E-state index contributed by atoms with van der Waals surface area (Å²) in [6, 6.07) is 7.38. The van der Waals surface area contributed by atoms with Gasteiger partial charge in [0.05, 0.1) is 0 Å². The van der Waals surface area contributed by atoms with E-state index in [1.165, 1.54) is 0 Å². The molecule has 0 saturated heterocycles. The fourth-order valence-corrected chi connectivity index (χ4v) is 1.16. The summed E-state index contributed by atoms with van der Waals surface area (Å²) in [5.41, 5.74) is 0. The zero-order valence-electron chi connectivity index (χ0n) is 6.39. The van der Waals surface area contributed by atoms with E-state index in [-0.39, 0.29) is 0 Å². The van der Waals surface area contributed by atoms with Gasteiger partial charge in [-0.15, -0.1) is 0 Å². The van der Waals surface area contributed by atoms with E-state index in [9.17, 15) is 0 Å². The van der Waals surface area contributed by atoms with Crippen molar-refractivity contribution in [3.63, 3.8) is 0 Å². The molecule has 1 rings (SSSR count). The van der Waals surface area contributed by atoms with Gasteiger partial charge >= 0.3 is 0 Å². The molecule has 0 radical (unpaired) electrons. The molecule has 0 spiro atoms. The average Bonchev–Trinajstić information content (AvgIpc) is 2.05. The topological polar surface area (TPSA) is 21.3 Å². The van der Waals surface area contributed by atoms with E-state index in [4.69, 9.17) is 16.3 Å². The van der Waals surface area contributed by atoms with Gasteiger partial charge in [0, 0.05) is 34.4 Å². The van der Waals surface area contributed by atoms with Crippen LogP contribution in [0.2, 0.25) is 5.02 Å². The Bertz CT molecular complexity index is 244. The minimum Gasteiger partial charge on any atom is -0.492 e. The van der Waals surface area contributed by atoms with Gasteiger partial charge in [-0.3, -0.25) is 3.53 Å². The quantitative estimate of drug-likeness (QED) is 0.524. The summed E-state index contributed by atoms with van der Waals surface area (Å²) in [5.74, 6) is 0.814. The normalized spacial score (nSPS) is 9.83. The molecule has 66 valence electrons. The summed E-state index contributed by atoms with van der Waals surface area (Å²) in [6.07, 6.45) is 0. The van der Waals surface area contributed by atoms with Crippen molar-refractivity contribution in [2.45, 2.75) is 0 Å². The lowest BCUT2D eigenvalue weighted by molar-refractivity contribution is 0.326. The van der Waals surface area contributed by atoms with Crippen LogP contribution in [0.3, 0.4) is 0 Å². The number of ether oxygens (including phenoxy) is 1. The van der Waals surface area contributed by atoms with Crippen LogP contribution in [-0.2, 0) is 0 Å². The Labute approximate surface area is 90.7 Å². The fraction of sp³-hybridized carbons (Fsp3) is 0.250. The molecule has 1 aromatic carbocycles. The molecule has 0 aliphatic heterocycles. The fourth-order valence-electron chi connectivity index (χ4n) is 0.764. The number of rotatable bonds is 4. The van der Waals surface area contributed by atoms with Gasteiger partial charge < -0.3 is 4.74 Å². The Morgan fingerprint density at radius 3 is 3.00 bits per heavy atom. The van der Waals surface area contributed by atoms with Crippen LogP contribution < -0.4 is 8.27 Å². The van der Waals surface area contributed by atoms with Crippen LogP contribution >= 0.6 is 34.5 Å². The molecule has 0 bridgehead atoms. The van der Waals surface area contributed by atoms with E-state index in [0.717, 1.165) is 12.3 Å². The second-order valence-electron chi connectivity index (χ2n) is 2.19. The third-order valence-corrected chi connectivity index (χ3v) is 2.04. The molecule has 0 amide bonds. The molecule has 1 N–H and O–H groups in total. The highest BCUT2D eigenvalue weighted by molar-refractivity contribution is 14.1. The van der Waals surface area contributed by atoms with Crippen molar-refractivity contribution in [2.75, 3.05) is 13.2 Å². The minimum absolute atomic E-state index is 0.656. The maximum absolute atomic E-state index is 5.76. The lowest BCUT2D eigenvalue weighted by Crippen LogP contribution is -2.10. The van der Waals surface area contributed by atoms with Gasteiger partial charge in [0.1, 0.15) is 12.4 Å². The molecule has 0 unspecified atom stereocenters. The zero-order chi connectivity index (χ0) is 8.81. The van der Waals surface area contributed by atoms with E-state index < -0.39 is 0 Å². The molecule has 0 fully saturated rings. The van der Waals surface area contributed by atoms with Crippen LogP contribution in [0, 0.1) is 0 Å². The van der Waals surface area contributed by atoms with Gasteiger partial charge in [-0.1, -0.05) is 17.7 Å². The first-order chi connectivity index (χ1) is 5.83. The van der Waals surface area contributed by atoms with Crippen LogP contribution in [0.4, 0.5) is 0 Å². The van der Waals surface area contributed by atoms with Gasteiger partial charge in [0.2, 0.25) is 0 Å². The average molecular weight is 298 g/mol. The summed E-state index contributed by atoms with van der Waals surface area (Å²) in [5, 5.41) is 0.704. The van der Waals surface area contributed by atoms with E-state index in [2.05, 4.69) is 26.4 Å². The maximum Gasteiger partial charge on any atom is 0.120 e. The van der Waals surface area contributed by atoms with Crippen LogP contribution in [0.1, 0.15) is 0 Å². The number of hydrogen-bond donors (Lipinski definition) is 1. The molecule has 0 heterocycles. The van der Waals surface area contributed by atoms with Crippen LogP contribution in [-0.4, -0.2) is 13.2 Å². The molecule has 0 aliphatic carbocycles. The number of halogens is 2. The Balaban J connectivity index is 2.41. The largest absolute Gasteiger partial charge is 0.492 e. The Hall–Kier alpha value is -0.000000000000000111. The lowest BCUT2D eigenvalue weighted by atomic mass is 10.3. The maximum atomic E-state index is 5.76. The summed E-state index contributed by atoms with van der Waals surface area (Å²) in [4.78, 5) is 0. The van der Waals surface area contributed by atoms with E-state index in [1.54, 1.807) is 6.07 Å². The second kappa shape index (κ2) is 5.61. The van der Waals surface area contributed by atoms with Gasteiger partial charge in [-0.25, -0.2) is 0 Å². The number of benzene rings is 1. The molecular formula is C8H9ClINO. The molecular weight excluding hydrogens is 288 g/mol. The van der Waals surface area contributed by atoms with Crippen molar-refractivity contribution in [1.82, 2.24) is 3.53 Å². The molecule has 0 saturated carbocycles. The summed E-state index contributed by atoms with van der Waals surface area (Å²) in [7, 11) is 0. The molecule has 0 atom stereocenters. The zero-order valence-corrected chi connectivity index (χ0v) is 9.30. The van der Waals surface area contributed by atoms with Crippen LogP contribution in [0.5, 0.6) is 5.75 Å². The predicted octanol–water partition coefficient (Wildman–Crippen LogP) is 2.66. The lowest BCUT2D eigenvalue weighted by Gasteiger charge is -2.04. The molecule has 2 nitrogen and oxygen atoms in total. The van der Waals surface area contributed by atoms with Crippen molar-refractivity contribution in [1.29, 1.82) is 0 Å². The van der Waals surface area contributed by atoms with Gasteiger partial charge in [-0.2, -0.15) is 0 Å². The third kappa shape index (κ3) is 3.60. The predicted molar refractivity (Wildman–Crippen MR) is 59.0 cm³/mol. The van der Waals surface area contributed by atoms with Crippen molar-refractivity contribution in [2.24, 2.45) is 0 Å². The Morgan fingerprint density at radius 1 is 1.50 bits per heavy atom. The van der Waals surface area contributed by atoms with E-state index in [1.807, 2.05) is 18.2 Å². The first kappa shape index (κ1) is 10.1. The molecule has 12 heavy (non-hydrogen) atoms. The van der Waals surface area contributed by atoms with Gasteiger partial charge in [0.25, 0.3) is 0 Å². The molecule has 1 aromatic rings. The first-order valence-electron chi connectivity index (χ1n) is 3.55. The highest BCUT2D eigenvalue weighted by Crippen LogP contribution is 2.16. The third-order valence-electron chi connectivity index (χ3n) is 1.26. The van der Waals surface area contributed by atoms with Crippen LogP contribution in [0.15, 0.2) is 24.3 Å². The standard InChI is InChI=1S/C8H9ClINO/c9-7-2-1-3-8(6-7)12-5-4-11-10/h1-3,6,11H,4-5H2. The Kier molecular flexibility index (Phi) is 4.72. The summed E-state index contributed by atoms with van der Waals surface area (Å²) >= 11 is 7.84. The van der Waals surface area contributed by atoms with Crippen LogP contribution in [0.25, 0.3) is 0 Å². The number of hydrogen-bond acceptors (Lipinski definition) is 2. The molecule has 0 aliphatic rings. The highest BCUT2D eigenvalue weighted by Gasteiger charge is 1.93. The molecule has 4 heteroatoms. The van der Waals surface area contributed by atoms with Crippen molar-refractivity contribution in [3.05, 3.63) is 29.3 Å². The minimum atomic E-state index is 0.656. The second-order valence-corrected chi connectivity index (χ2v) is 3.39. The van der Waals surface area contributed by atoms with E-state index >= 15 is 0 Å². The molecule has 0 aromatic heterocycles. The number of nitrogens with one attached hydrogen (secondary N) is 1. The van der Waals surface area contributed by atoms with E-state index in [0.29, 0.717) is 11.6 Å². The SMILES string of the molecule is Clc1cccc(OCCNI)c1. The monoisotopic (exact) mass is 297 g/mol. The van der Waals surface area contributed by atoms with Crippen molar-refractivity contribution < 1.29 is 4.74 Å². The highest BCUT2D eigenvalue weighted by atomic mass is 127. The smallest absolute Gasteiger partial charge is 0.120 e. The first-order valence-corrected chi connectivity index (χ1v) is 5.00.